The van der Waals surface area contributed by atoms with Crippen LogP contribution in [-0.4, -0.2) is 37.6 Å². The smallest absolute Gasteiger partial charge is 0.326 e. The molecule has 0 saturated carbocycles. The monoisotopic (exact) mass is 435 g/mol. The Kier molecular flexibility index (Phi) is 5.39. The Morgan fingerprint density at radius 2 is 1.26 bits per heavy atom. The van der Waals surface area contributed by atoms with Gasteiger partial charge in [-0.3, -0.25) is 19.3 Å². The van der Waals surface area contributed by atoms with E-state index in [4.69, 9.17) is 4.74 Å². The van der Waals surface area contributed by atoms with Crippen LogP contribution >= 0.6 is 0 Å². The van der Waals surface area contributed by atoms with E-state index in [1.807, 2.05) is 0 Å². The van der Waals surface area contributed by atoms with Gasteiger partial charge in [0.25, 0.3) is 11.8 Å². The van der Waals surface area contributed by atoms with Crippen LogP contribution in [0.3, 0.4) is 0 Å². The second-order valence-electron chi connectivity index (χ2n) is 6.86. The number of carbonyl (C=O) groups is 3. The van der Waals surface area contributed by atoms with Gasteiger partial charge < -0.3 is 4.74 Å². The van der Waals surface area contributed by atoms with Gasteiger partial charge in [0.05, 0.1) is 20.9 Å². The molecule has 0 spiro atoms. The average molecular weight is 435 g/mol. The summed E-state index contributed by atoms with van der Waals surface area (Å²) in [4.78, 5) is 37.9. The third kappa shape index (κ3) is 3.97. The van der Waals surface area contributed by atoms with Gasteiger partial charge in [0.15, 0.2) is 0 Å². The van der Waals surface area contributed by atoms with Crippen molar-refractivity contribution < 1.29 is 27.5 Å². The minimum Gasteiger partial charge on any atom is -0.459 e. The lowest BCUT2D eigenvalue weighted by Crippen LogP contribution is -2.35. The van der Waals surface area contributed by atoms with E-state index >= 15 is 0 Å². The summed E-state index contributed by atoms with van der Waals surface area (Å²) < 4.78 is 30.4. The zero-order chi connectivity index (χ0) is 22.0. The Morgan fingerprint density at radius 1 is 0.742 bits per heavy atom. The van der Waals surface area contributed by atoms with Crippen LogP contribution < -0.4 is 0 Å². The molecule has 1 heterocycles. The van der Waals surface area contributed by atoms with Gasteiger partial charge in [0.2, 0.25) is 9.84 Å². The van der Waals surface area contributed by atoms with E-state index in [0.717, 1.165) is 4.90 Å². The lowest BCUT2D eigenvalue weighted by atomic mass is 10.1. The number of sulfone groups is 1. The standard InChI is InChI=1S/C23H17NO6S/c25-21(14-24-22(26)19-8-4-5-9-20(19)23(24)27)30-15-16-10-12-18(13-11-16)31(28,29)17-6-2-1-3-7-17/h1-13H,14-15H2. The highest BCUT2D eigenvalue weighted by Crippen LogP contribution is 2.23. The van der Waals surface area contributed by atoms with Crippen molar-refractivity contribution in [3.05, 3.63) is 95.6 Å². The van der Waals surface area contributed by atoms with Gasteiger partial charge in [-0.1, -0.05) is 42.5 Å². The van der Waals surface area contributed by atoms with E-state index in [9.17, 15) is 22.8 Å². The van der Waals surface area contributed by atoms with Crippen LogP contribution in [0.5, 0.6) is 0 Å². The van der Waals surface area contributed by atoms with Crippen LogP contribution in [0.2, 0.25) is 0 Å². The molecule has 8 heteroatoms. The second-order valence-corrected chi connectivity index (χ2v) is 8.81. The van der Waals surface area contributed by atoms with E-state index in [0.29, 0.717) is 5.56 Å². The molecule has 3 aromatic carbocycles. The average Bonchev–Trinajstić information content (AvgIpc) is 3.03. The number of nitrogens with zero attached hydrogens (tertiary/aromatic N) is 1. The summed E-state index contributed by atoms with van der Waals surface area (Å²) >= 11 is 0. The van der Waals surface area contributed by atoms with Crippen molar-refractivity contribution >= 4 is 27.6 Å². The molecule has 1 aliphatic rings. The summed E-state index contributed by atoms with van der Waals surface area (Å²) in [6.45, 7) is -0.611. The largest absolute Gasteiger partial charge is 0.459 e. The Hall–Kier alpha value is -3.78. The maximum atomic E-state index is 12.6. The highest BCUT2D eigenvalue weighted by Gasteiger charge is 2.36. The summed E-state index contributed by atoms with van der Waals surface area (Å²) in [6, 6.07) is 20.4. The molecule has 2 amide bonds. The molecular formula is C23H17NO6S. The number of fused-ring (bicyclic) bond motifs is 1. The van der Waals surface area contributed by atoms with Crippen molar-refractivity contribution in [1.29, 1.82) is 0 Å². The number of hydrogen-bond acceptors (Lipinski definition) is 6. The van der Waals surface area contributed by atoms with Crippen molar-refractivity contribution in [3.8, 4) is 0 Å². The minimum absolute atomic E-state index is 0.117. The fourth-order valence-corrected chi connectivity index (χ4v) is 4.50. The molecule has 0 aliphatic carbocycles. The predicted molar refractivity (Wildman–Crippen MR) is 110 cm³/mol. The molecule has 0 bridgehead atoms. The fraction of sp³-hybridized carbons (Fsp3) is 0.0870. The highest BCUT2D eigenvalue weighted by molar-refractivity contribution is 7.91. The summed E-state index contributed by atoms with van der Waals surface area (Å²) in [7, 11) is -3.63. The first kappa shape index (κ1) is 20.5. The highest BCUT2D eigenvalue weighted by atomic mass is 32.2. The Balaban J connectivity index is 1.37. The Morgan fingerprint density at radius 3 is 1.84 bits per heavy atom. The van der Waals surface area contributed by atoms with Gasteiger partial charge in [-0.2, -0.15) is 0 Å². The molecule has 0 radical (unpaired) electrons. The number of hydrogen-bond donors (Lipinski definition) is 0. The lowest BCUT2D eigenvalue weighted by molar-refractivity contribution is -0.145. The van der Waals surface area contributed by atoms with Crippen molar-refractivity contribution in [2.45, 2.75) is 16.4 Å². The molecule has 3 aromatic rings. The van der Waals surface area contributed by atoms with Crippen LogP contribution in [0.25, 0.3) is 0 Å². The summed E-state index contributed by atoms with van der Waals surface area (Å²) in [6.07, 6.45) is 0. The van der Waals surface area contributed by atoms with Gasteiger partial charge in [0, 0.05) is 0 Å². The van der Waals surface area contributed by atoms with E-state index in [-0.39, 0.29) is 27.5 Å². The van der Waals surface area contributed by atoms with Gasteiger partial charge in [-0.15, -0.1) is 0 Å². The first-order valence-electron chi connectivity index (χ1n) is 9.38. The van der Waals surface area contributed by atoms with E-state index in [1.165, 1.54) is 36.4 Å². The fourth-order valence-electron chi connectivity index (χ4n) is 3.22. The van der Waals surface area contributed by atoms with Crippen LogP contribution in [-0.2, 0) is 26.0 Å². The molecule has 0 unspecified atom stereocenters. The zero-order valence-electron chi connectivity index (χ0n) is 16.2. The second kappa shape index (κ2) is 8.16. The lowest BCUT2D eigenvalue weighted by Gasteiger charge is -2.13. The number of esters is 1. The van der Waals surface area contributed by atoms with Gasteiger partial charge >= 0.3 is 5.97 Å². The minimum atomic E-state index is -3.63. The van der Waals surface area contributed by atoms with E-state index in [2.05, 4.69) is 0 Å². The molecule has 0 atom stereocenters. The number of ether oxygens (including phenoxy) is 1. The molecule has 7 nitrogen and oxygen atoms in total. The van der Waals surface area contributed by atoms with Crippen molar-refractivity contribution in [1.82, 2.24) is 4.90 Å². The molecule has 0 N–H and O–H groups in total. The molecule has 0 aromatic heterocycles. The number of rotatable bonds is 6. The zero-order valence-corrected chi connectivity index (χ0v) is 17.0. The van der Waals surface area contributed by atoms with E-state index < -0.39 is 34.2 Å². The molecule has 1 aliphatic heterocycles. The molecule has 0 saturated heterocycles. The van der Waals surface area contributed by atoms with Crippen LogP contribution in [0, 0.1) is 0 Å². The van der Waals surface area contributed by atoms with E-state index in [1.54, 1.807) is 42.5 Å². The summed E-state index contributed by atoms with van der Waals surface area (Å²) in [5.74, 6) is -1.81. The third-order valence-electron chi connectivity index (χ3n) is 4.85. The maximum Gasteiger partial charge on any atom is 0.326 e. The quantitative estimate of drug-likeness (QED) is 0.436. The molecule has 4 rings (SSSR count). The molecule has 0 fully saturated rings. The van der Waals surface area contributed by atoms with Gasteiger partial charge in [-0.25, -0.2) is 8.42 Å². The molecule has 156 valence electrons. The normalized spacial score (nSPS) is 13.2. The summed E-state index contributed by atoms with van der Waals surface area (Å²) in [5.41, 5.74) is 1.09. The SMILES string of the molecule is O=C(CN1C(=O)c2ccccc2C1=O)OCc1ccc(S(=O)(=O)c2ccccc2)cc1. The maximum absolute atomic E-state index is 12.6. The number of carbonyl (C=O) groups excluding carboxylic acids is 3. The van der Waals surface area contributed by atoms with Crippen molar-refractivity contribution in [2.24, 2.45) is 0 Å². The third-order valence-corrected chi connectivity index (χ3v) is 6.64. The molecular weight excluding hydrogens is 418 g/mol. The van der Waals surface area contributed by atoms with Crippen molar-refractivity contribution in [3.63, 3.8) is 0 Å². The predicted octanol–water partition coefficient (Wildman–Crippen LogP) is 2.86. The van der Waals surface area contributed by atoms with Crippen molar-refractivity contribution in [2.75, 3.05) is 6.54 Å². The van der Waals surface area contributed by atoms with Crippen LogP contribution in [0.4, 0.5) is 0 Å². The Bertz CT molecular complexity index is 1230. The number of benzene rings is 3. The van der Waals surface area contributed by atoms with Gasteiger partial charge in [0.1, 0.15) is 13.2 Å². The number of imide groups is 1. The summed E-state index contributed by atoms with van der Waals surface area (Å²) in [5, 5.41) is 0. The first-order chi connectivity index (χ1) is 14.9. The Labute approximate surface area is 178 Å². The molecule has 31 heavy (non-hydrogen) atoms. The number of amides is 2. The van der Waals surface area contributed by atoms with Crippen LogP contribution in [0.15, 0.2) is 88.7 Å². The topological polar surface area (TPSA) is 97.8 Å². The van der Waals surface area contributed by atoms with Gasteiger partial charge in [-0.05, 0) is 42.0 Å². The van der Waals surface area contributed by atoms with Crippen LogP contribution in [0.1, 0.15) is 26.3 Å². The first-order valence-corrected chi connectivity index (χ1v) is 10.9.